The number of halogens is 1. The molecule has 0 aliphatic carbocycles. The van der Waals surface area contributed by atoms with Crippen LogP contribution in [0.5, 0.6) is 0 Å². The van der Waals surface area contributed by atoms with E-state index in [0.29, 0.717) is 10.8 Å². The molecule has 2 unspecified atom stereocenters. The molecule has 4 nitrogen and oxygen atoms in total. The third kappa shape index (κ3) is 3.52. The van der Waals surface area contributed by atoms with Crippen LogP contribution in [-0.4, -0.2) is 39.1 Å². The van der Waals surface area contributed by atoms with Crippen LogP contribution in [0, 0.1) is 5.92 Å². The van der Waals surface area contributed by atoms with Gasteiger partial charge in [0.25, 0.3) is 0 Å². The van der Waals surface area contributed by atoms with Crippen LogP contribution in [0.2, 0.25) is 5.02 Å². The molecule has 0 radical (unpaired) electrons. The maximum absolute atomic E-state index is 12.6. The van der Waals surface area contributed by atoms with Gasteiger partial charge in [0, 0.05) is 10.8 Å². The van der Waals surface area contributed by atoms with Gasteiger partial charge in [-0.3, -0.25) is 4.79 Å². The largest absolute Gasteiger partial charge is 0.480 e. The van der Waals surface area contributed by atoms with E-state index < -0.39 is 12.0 Å². The predicted molar refractivity (Wildman–Crippen MR) is 84.5 cm³/mol. The fourth-order valence-corrected chi connectivity index (χ4v) is 4.14. The molecule has 1 saturated heterocycles. The first-order valence-corrected chi connectivity index (χ1v) is 8.23. The SMILES string of the molecule is CC(C)C1SCC(C(=O)O)N1C(=O)Cc1ccccc1Cl. The Bertz CT molecular complexity index is 549. The van der Waals surface area contributed by atoms with Gasteiger partial charge in [-0.05, 0) is 17.5 Å². The summed E-state index contributed by atoms with van der Waals surface area (Å²) in [6, 6.07) is 6.40. The van der Waals surface area contributed by atoms with Crippen molar-refractivity contribution >= 4 is 35.2 Å². The van der Waals surface area contributed by atoms with Crippen molar-refractivity contribution in [2.75, 3.05) is 5.75 Å². The molecule has 2 atom stereocenters. The van der Waals surface area contributed by atoms with Gasteiger partial charge in [0.05, 0.1) is 11.8 Å². The van der Waals surface area contributed by atoms with Crippen LogP contribution in [0.15, 0.2) is 24.3 Å². The molecule has 2 rings (SSSR count). The minimum absolute atomic E-state index is 0.0962. The first-order valence-electron chi connectivity index (χ1n) is 6.80. The van der Waals surface area contributed by atoms with Crippen LogP contribution < -0.4 is 0 Å². The topological polar surface area (TPSA) is 57.6 Å². The summed E-state index contributed by atoms with van der Waals surface area (Å²) in [4.78, 5) is 25.5. The zero-order chi connectivity index (χ0) is 15.6. The predicted octanol–water partition coefficient (Wildman–Crippen LogP) is 2.89. The summed E-state index contributed by atoms with van der Waals surface area (Å²) >= 11 is 7.61. The number of hydrogen-bond acceptors (Lipinski definition) is 3. The van der Waals surface area contributed by atoms with Crippen molar-refractivity contribution in [2.45, 2.75) is 31.7 Å². The molecule has 1 fully saturated rings. The molecule has 0 aromatic heterocycles. The number of carboxylic acids is 1. The van der Waals surface area contributed by atoms with Crippen LogP contribution >= 0.6 is 23.4 Å². The third-order valence-electron chi connectivity index (χ3n) is 3.48. The highest BCUT2D eigenvalue weighted by molar-refractivity contribution is 8.00. The number of benzene rings is 1. The molecule has 1 aromatic rings. The first kappa shape index (κ1) is 16.2. The number of carbonyl (C=O) groups excluding carboxylic acids is 1. The van der Waals surface area contributed by atoms with Gasteiger partial charge in [-0.2, -0.15) is 0 Å². The van der Waals surface area contributed by atoms with E-state index in [0.717, 1.165) is 5.56 Å². The minimum Gasteiger partial charge on any atom is -0.480 e. The molecule has 114 valence electrons. The lowest BCUT2D eigenvalue weighted by atomic mass is 10.1. The molecule has 1 aromatic carbocycles. The third-order valence-corrected chi connectivity index (χ3v) is 5.47. The van der Waals surface area contributed by atoms with Gasteiger partial charge in [-0.15, -0.1) is 11.8 Å². The Morgan fingerprint density at radius 2 is 2.10 bits per heavy atom. The standard InChI is InChI=1S/C15H18ClNO3S/c1-9(2)14-17(12(8-21-14)15(19)20)13(18)7-10-5-3-4-6-11(10)16/h3-6,9,12,14H,7-8H2,1-2H3,(H,19,20). The number of amides is 1. The summed E-state index contributed by atoms with van der Waals surface area (Å²) in [6.45, 7) is 4.00. The number of nitrogens with zero attached hydrogens (tertiary/aromatic N) is 1. The van der Waals surface area contributed by atoms with E-state index in [1.165, 1.54) is 16.7 Å². The smallest absolute Gasteiger partial charge is 0.327 e. The molecule has 1 aliphatic heterocycles. The molecule has 6 heteroatoms. The van der Waals surface area contributed by atoms with Crippen molar-refractivity contribution in [3.8, 4) is 0 Å². The van der Waals surface area contributed by atoms with E-state index in [2.05, 4.69) is 0 Å². The fraction of sp³-hybridized carbons (Fsp3) is 0.467. The molecule has 1 N–H and O–H groups in total. The maximum atomic E-state index is 12.6. The fourth-order valence-electron chi connectivity index (χ4n) is 2.44. The summed E-state index contributed by atoms with van der Waals surface area (Å²) in [6.07, 6.45) is 0.132. The lowest BCUT2D eigenvalue weighted by Crippen LogP contribution is -2.47. The second-order valence-corrected chi connectivity index (χ2v) is 6.95. The zero-order valence-electron chi connectivity index (χ0n) is 12.0. The summed E-state index contributed by atoms with van der Waals surface area (Å²) < 4.78 is 0. The van der Waals surface area contributed by atoms with Crippen LogP contribution in [0.1, 0.15) is 19.4 Å². The van der Waals surface area contributed by atoms with Crippen molar-refractivity contribution in [2.24, 2.45) is 5.92 Å². The van der Waals surface area contributed by atoms with E-state index in [4.69, 9.17) is 11.6 Å². The van der Waals surface area contributed by atoms with Gasteiger partial charge >= 0.3 is 5.97 Å². The Kier molecular flexibility index (Phi) is 5.17. The van der Waals surface area contributed by atoms with E-state index >= 15 is 0 Å². The van der Waals surface area contributed by atoms with Crippen LogP contribution in [0.3, 0.4) is 0 Å². The number of aliphatic carboxylic acids is 1. The Labute approximate surface area is 133 Å². The number of thioether (sulfide) groups is 1. The zero-order valence-corrected chi connectivity index (χ0v) is 13.5. The highest BCUT2D eigenvalue weighted by Gasteiger charge is 2.42. The van der Waals surface area contributed by atoms with Gasteiger partial charge in [-0.25, -0.2) is 4.79 Å². The molecule has 1 aliphatic rings. The summed E-state index contributed by atoms with van der Waals surface area (Å²) in [7, 11) is 0. The Balaban J connectivity index is 2.21. The lowest BCUT2D eigenvalue weighted by Gasteiger charge is -2.30. The van der Waals surface area contributed by atoms with E-state index in [1.807, 2.05) is 19.9 Å². The normalized spacial score (nSPS) is 21.8. The van der Waals surface area contributed by atoms with Crippen molar-refractivity contribution in [3.05, 3.63) is 34.9 Å². The van der Waals surface area contributed by atoms with Gasteiger partial charge < -0.3 is 10.0 Å². The average Bonchev–Trinajstić information content (AvgIpc) is 2.86. The molecule has 0 spiro atoms. The summed E-state index contributed by atoms with van der Waals surface area (Å²) in [5.41, 5.74) is 0.729. The van der Waals surface area contributed by atoms with Crippen molar-refractivity contribution in [3.63, 3.8) is 0 Å². The molecular weight excluding hydrogens is 310 g/mol. The molecule has 21 heavy (non-hydrogen) atoms. The monoisotopic (exact) mass is 327 g/mol. The van der Waals surface area contributed by atoms with Crippen LogP contribution in [0.4, 0.5) is 0 Å². The summed E-state index contributed by atoms with van der Waals surface area (Å²) in [5.74, 6) is -0.487. The van der Waals surface area contributed by atoms with Crippen LogP contribution in [0.25, 0.3) is 0 Å². The first-order chi connectivity index (χ1) is 9.91. The molecular formula is C15H18ClNO3S. The Morgan fingerprint density at radius 3 is 2.67 bits per heavy atom. The van der Waals surface area contributed by atoms with Gasteiger partial charge in [-0.1, -0.05) is 43.6 Å². The lowest BCUT2D eigenvalue weighted by molar-refractivity contribution is -0.149. The number of hydrogen-bond donors (Lipinski definition) is 1. The van der Waals surface area contributed by atoms with Crippen LogP contribution in [-0.2, 0) is 16.0 Å². The second kappa shape index (κ2) is 6.71. The van der Waals surface area contributed by atoms with E-state index in [9.17, 15) is 14.7 Å². The second-order valence-electron chi connectivity index (χ2n) is 5.39. The van der Waals surface area contributed by atoms with Gasteiger partial charge in [0.2, 0.25) is 5.91 Å². The maximum Gasteiger partial charge on any atom is 0.327 e. The van der Waals surface area contributed by atoms with E-state index in [1.54, 1.807) is 18.2 Å². The number of carboxylic acid groups (broad SMARTS) is 1. The van der Waals surface area contributed by atoms with Gasteiger partial charge in [0.1, 0.15) is 6.04 Å². The Morgan fingerprint density at radius 1 is 1.43 bits per heavy atom. The summed E-state index contributed by atoms with van der Waals surface area (Å²) in [5, 5.41) is 9.76. The number of carbonyl (C=O) groups is 2. The van der Waals surface area contributed by atoms with Crippen molar-refractivity contribution in [1.29, 1.82) is 0 Å². The highest BCUT2D eigenvalue weighted by Crippen LogP contribution is 2.34. The highest BCUT2D eigenvalue weighted by atomic mass is 35.5. The van der Waals surface area contributed by atoms with Gasteiger partial charge in [0.15, 0.2) is 0 Å². The van der Waals surface area contributed by atoms with E-state index in [-0.39, 0.29) is 23.6 Å². The molecule has 0 bridgehead atoms. The average molecular weight is 328 g/mol. The molecule has 0 saturated carbocycles. The quantitative estimate of drug-likeness (QED) is 0.923. The number of rotatable bonds is 4. The van der Waals surface area contributed by atoms with Crippen molar-refractivity contribution in [1.82, 2.24) is 4.90 Å². The van der Waals surface area contributed by atoms with Crippen molar-refractivity contribution < 1.29 is 14.7 Å². The Hall–Kier alpha value is -1.20. The molecule has 1 amide bonds. The molecule has 1 heterocycles. The minimum atomic E-state index is -0.946.